The minimum absolute atomic E-state index is 0.0108. The maximum Gasteiger partial charge on any atom is 0.211 e. The second kappa shape index (κ2) is 15.4. The van der Waals surface area contributed by atoms with Crippen LogP contribution in [0.5, 0.6) is 0 Å². The molecule has 2 unspecified atom stereocenters. The molecule has 38 heavy (non-hydrogen) atoms. The van der Waals surface area contributed by atoms with Gasteiger partial charge < -0.3 is 21.7 Å². The standard InChI is InChI=1S/C17H15Cl2FN2O.C7H14N2O.C5H12/c18-11-3-1-2-10(4-11)13-7-21-8-14(13)12-5-16(20)15(19)6-17(12)22-9-23;8-6-1-3-7(4-2-6)9-5-10;1-5(2,3)4/h1-6,9,13-14,21H,7-8H2,(H,22,23);5-7H,1-4,8H2,(H,9,10);1-4H3. The number of benzene rings is 2. The largest absolute Gasteiger partial charge is 0.356 e. The van der Waals surface area contributed by atoms with Gasteiger partial charge in [0.05, 0.1) is 5.02 Å². The van der Waals surface area contributed by atoms with Gasteiger partial charge in [-0.25, -0.2) is 4.39 Å². The van der Waals surface area contributed by atoms with Crippen molar-refractivity contribution in [3.8, 4) is 0 Å². The van der Waals surface area contributed by atoms with Gasteiger partial charge in [-0.15, -0.1) is 0 Å². The molecular weight excluding hydrogens is 526 g/mol. The van der Waals surface area contributed by atoms with E-state index in [4.69, 9.17) is 28.9 Å². The van der Waals surface area contributed by atoms with Crippen molar-refractivity contribution in [1.82, 2.24) is 10.6 Å². The number of halogens is 3. The van der Waals surface area contributed by atoms with Crippen molar-refractivity contribution in [2.75, 3.05) is 18.4 Å². The molecule has 2 fully saturated rings. The molecule has 1 saturated heterocycles. The topological polar surface area (TPSA) is 96.2 Å². The summed E-state index contributed by atoms with van der Waals surface area (Å²) in [5.41, 5.74) is 8.53. The fourth-order valence-electron chi connectivity index (χ4n) is 4.53. The minimum atomic E-state index is -0.491. The van der Waals surface area contributed by atoms with Gasteiger partial charge in [0.1, 0.15) is 5.82 Å². The van der Waals surface area contributed by atoms with Crippen LogP contribution in [0.15, 0.2) is 36.4 Å². The zero-order valence-corrected chi connectivity index (χ0v) is 24.2. The van der Waals surface area contributed by atoms with Crippen LogP contribution < -0.4 is 21.7 Å². The van der Waals surface area contributed by atoms with Gasteiger partial charge in [0.15, 0.2) is 0 Å². The Morgan fingerprint density at radius 3 is 2.18 bits per heavy atom. The Bertz CT molecular complexity index is 1030. The minimum Gasteiger partial charge on any atom is -0.356 e. The molecule has 4 rings (SSSR count). The summed E-state index contributed by atoms with van der Waals surface area (Å²) in [6.07, 6.45) is 5.53. The van der Waals surface area contributed by atoms with Crippen LogP contribution >= 0.6 is 23.2 Å². The molecule has 210 valence electrons. The summed E-state index contributed by atoms with van der Waals surface area (Å²) in [6, 6.07) is 11.3. The zero-order chi connectivity index (χ0) is 28.3. The third kappa shape index (κ3) is 10.9. The number of amides is 2. The third-order valence-electron chi connectivity index (χ3n) is 6.27. The Labute approximate surface area is 236 Å². The first-order chi connectivity index (χ1) is 17.9. The first kappa shape index (κ1) is 32.0. The van der Waals surface area contributed by atoms with Crippen LogP contribution in [-0.4, -0.2) is 38.0 Å². The van der Waals surface area contributed by atoms with E-state index in [0.29, 0.717) is 41.2 Å². The fraction of sp³-hybridized carbons (Fsp3) is 0.517. The number of carbonyl (C=O) groups is 2. The van der Waals surface area contributed by atoms with E-state index in [0.717, 1.165) is 49.8 Å². The van der Waals surface area contributed by atoms with Gasteiger partial charge in [-0.1, -0.05) is 63.0 Å². The Morgan fingerprint density at radius 2 is 1.61 bits per heavy atom. The second-order valence-electron chi connectivity index (χ2n) is 11.4. The van der Waals surface area contributed by atoms with E-state index < -0.39 is 5.82 Å². The van der Waals surface area contributed by atoms with Crippen LogP contribution in [-0.2, 0) is 9.59 Å². The normalized spacial score (nSPS) is 22.7. The number of hydrogen-bond donors (Lipinski definition) is 4. The maximum absolute atomic E-state index is 14.0. The number of nitrogens with two attached hydrogens (primary N) is 1. The average Bonchev–Trinajstić information content (AvgIpc) is 3.32. The fourth-order valence-corrected chi connectivity index (χ4v) is 4.89. The second-order valence-corrected chi connectivity index (χ2v) is 12.3. The number of nitrogens with one attached hydrogen (secondary N) is 3. The molecule has 1 heterocycles. The van der Waals surface area contributed by atoms with Crippen molar-refractivity contribution in [3.63, 3.8) is 0 Å². The molecule has 2 aromatic carbocycles. The summed E-state index contributed by atoms with van der Waals surface area (Å²) in [5.74, 6) is -0.334. The Morgan fingerprint density at radius 1 is 0.974 bits per heavy atom. The monoisotopic (exact) mass is 566 g/mol. The van der Waals surface area contributed by atoms with Gasteiger partial charge in [-0.2, -0.15) is 0 Å². The number of rotatable bonds is 6. The SMILES string of the molecule is CC(C)(C)C.NC1CCC(NC=O)CC1.O=CNc1cc(Cl)c(F)cc1C1CNCC1c1cccc(Cl)c1. The van der Waals surface area contributed by atoms with Gasteiger partial charge in [0, 0.05) is 47.7 Å². The van der Waals surface area contributed by atoms with Crippen molar-refractivity contribution < 1.29 is 14.0 Å². The highest BCUT2D eigenvalue weighted by Gasteiger charge is 2.32. The van der Waals surface area contributed by atoms with Gasteiger partial charge in [0.25, 0.3) is 0 Å². The lowest BCUT2D eigenvalue weighted by atomic mass is 9.83. The molecule has 2 aromatic rings. The van der Waals surface area contributed by atoms with Crippen LogP contribution in [0.2, 0.25) is 10.0 Å². The van der Waals surface area contributed by atoms with Crippen molar-refractivity contribution in [2.45, 2.75) is 77.3 Å². The van der Waals surface area contributed by atoms with Crippen molar-refractivity contribution in [1.29, 1.82) is 0 Å². The Hall–Kier alpha value is -2.19. The number of anilines is 1. The van der Waals surface area contributed by atoms with Gasteiger partial charge >= 0.3 is 0 Å². The van der Waals surface area contributed by atoms with Crippen molar-refractivity contribution >= 4 is 41.7 Å². The predicted molar refractivity (Wildman–Crippen MR) is 155 cm³/mol. The molecule has 5 N–H and O–H groups in total. The summed E-state index contributed by atoms with van der Waals surface area (Å²) in [6.45, 7) is 10.2. The molecular formula is C29H41Cl2FN4O2. The Kier molecular flexibility index (Phi) is 13.0. The van der Waals surface area contributed by atoms with E-state index in [-0.39, 0.29) is 16.9 Å². The smallest absolute Gasteiger partial charge is 0.211 e. The van der Waals surface area contributed by atoms with Gasteiger partial charge in [-0.3, -0.25) is 9.59 Å². The van der Waals surface area contributed by atoms with Crippen LogP contribution in [0, 0.1) is 11.2 Å². The molecule has 0 bridgehead atoms. The highest BCUT2D eigenvalue weighted by molar-refractivity contribution is 6.31. The molecule has 0 spiro atoms. The summed E-state index contributed by atoms with van der Waals surface area (Å²) < 4.78 is 14.0. The molecule has 1 aliphatic heterocycles. The quantitative estimate of drug-likeness (QED) is 0.312. The van der Waals surface area contributed by atoms with E-state index in [9.17, 15) is 14.0 Å². The summed E-state index contributed by atoms with van der Waals surface area (Å²) in [7, 11) is 0. The summed E-state index contributed by atoms with van der Waals surface area (Å²) >= 11 is 11.9. The molecule has 1 saturated carbocycles. The molecule has 2 atom stereocenters. The third-order valence-corrected chi connectivity index (χ3v) is 6.80. The molecule has 2 amide bonds. The summed E-state index contributed by atoms with van der Waals surface area (Å²) in [5, 5.41) is 9.37. The van der Waals surface area contributed by atoms with Crippen LogP contribution in [0.1, 0.15) is 76.3 Å². The van der Waals surface area contributed by atoms with Gasteiger partial charge in [0.2, 0.25) is 12.8 Å². The molecule has 0 radical (unpaired) electrons. The van der Waals surface area contributed by atoms with Crippen molar-refractivity contribution in [2.24, 2.45) is 11.1 Å². The molecule has 9 heteroatoms. The molecule has 2 aliphatic rings. The van der Waals surface area contributed by atoms with Crippen LogP contribution in [0.25, 0.3) is 0 Å². The molecule has 0 aromatic heterocycles. The lowest BCUT2D eigenvalue weighted by Gasteiger charge is -2.25. The lowest BCUT2D eigenvalue weighted by Crippen LogP contribution is -2.36. The van der Waals surface area contributed by atoms with Crippen LogP contribution in [0.3, 0.4) is 0 Å². The van der Waals surface area contributed by atoms with E-state index in [1.54, 1.807) is 0 Å². The van der Waals surface area contributed by atoms with Crippen LogP contribution in [0.4, 0.5) is 10.1 Å². The first-order valence-corrected chi connectivity index (χ1v) is 13.8. The molecule has 1 aliphatic carbocycles. The van der Waals surface area contributed by atoms with Gasteiger partial charge in [-0.05, 0) is 66.5 Å². The van der Waals surface area contributed by atoms with Crippen molar-refractivity contribution in [3.05, 3.63) is 63.4 Å². The first-order valence-electron chi connectivity index (χ1n) is 13.0. The Balaban J connectivity index is 0.000000279. The number of hydrogen-bond acceptors (Lipinski definition) is 4. The number of carbonyl (C=O) groups excluding carboxylic acids is 2. The zero-order valence-electron chi connectivity index (χ0n) is 22.7. The highest BCUT2D eigenvalue weighted by Crippen LogP contribution is 2.41. The average molecular weight is 568 g/mol. The van der Waals surface area contributed by atoms with E-state index in [2.05, 4.69) is 43.6 Å². The highest BCUT2D eigenvalue weighted by atomic mass is 35.5. The molecule has 6 nitrogen and oxygen atoms in total. The maximum atomic E-state index is 14.0. The van der Waals surface area contributed by atoms with E-state index >= 15 is 0 Å². The van der Waals surface area contributed by atoms with E-state index in [1.165, 1.54) is 12.1 Å². The lowest BCUT2D eigenvalue weighted by molar-refractivity contribution is -0.110. The predicted octanol–water partition coefficient (Wildman–Crippen LogP) is 6.23. The summed E-state index contributed by atoms with van der Waals surface area (Å²) in [4.78, 5) is 20.9. The van der Waals surface area contributed by atoms with E-state index in [1.807, 2.05) is 24.3 Å².